The lowest BCUT2D eigenvalue weighted by Crippen LogP contribution is -2.10. The molecule has 0 saturated heterocycles. The Morgan fingerprint density at radius 1 is 1.45 bits per heavy atom. The van der Waals surface area contributed by atoms with E-state index in [1.54, 1.807) is 22.9 Å². The molecule has 0 fully saturated rings. The fourth-order valence-electron chi connectivity index (χ4n) is 1.97. The molecule has 2 rings (SSSR count). The van der Waals surface area contributed by atoms with Gasteiger partial charge in [-0.2, -0.15) is 5.10 Å². The molecule has 0 bridgehead atoms. The number of esters is 1. The number of rotatable bonds is 4. The van der Waals surface area contributed by atoms with E-state index in [0.29, 0.717) is 11.3 Å². The van der Waals surface area contributed by atoms with Crippen molar-refractivity contribution >= 4 is 11.7 Å². The smallest absolute Gasteiger partial charge is 0.338 e. The number of carbonyl (C=O) groups is 1. The van der Waals surface area contributed by atoms with E-state index in [1.807, 2.05) is 27.0 Å². The Morgan fingerprint density at radius 3 is 2.85 bits per heavy atom. The molecule has 0 aliphatic heterocycles. The second-order valence-electron chi connectivity index (χ2n) is 4.70. The zero-order valence-electron chi connectivity index (χ0n) is 12.0. The fraction of sp³-hybridized carbons (Fsp3) is 0.333. The van der Waals surface area contributed by atoms with Crippen LogP contribution in [0, 0.1) is 6.92 Å². The summed E-state index contributed by atoms with van der Waals surface area (Å²) in [5.74, 6) is -0.367. The predicted molar refractivity (Wildman–Crippen MR) is 77.3 cm³/mol. The van der Waals surface area contributed by atoms with Crippen LogP contribution in [0.2, 0.25) is 0 Å². The molecular formula is C15H19N3O2. The van der Waals surface area contributed by atoms with Crippen LogP contribution in [-0.4, -0.2) is 15.7 Å². The van der Waals surface area contributed by atoms with E-state index < -0.39 is 0 Å². The SMILES string of the molecule is CCc1cc(COC(=O)c2cccc(N)c2C)n(C)n1. The van der Waals surface area contributed by atoms with E-state index in [-0.39, 0.29) is 12.6 Å². The van der Waals surface area contributed by atoms with Crippen LogP contribution < -0.4 is 5.73 Å². The van der Waals surface area contributed by atoms with Gasteiger partial charge in [0.2, 0.25) is 0 Å². The van der Waals surface area contributed by atoms with Crippen LogP contribution in [0.15, 0.2) is 24.3 Å². The Labute approximate surface area is 118 Å². The molecule has 0 amide bonds. The molecule has 20 heavy (non-hydrogen) atoms. The van der Waals surface area contributed by atoms with E-state index in [4.69, 9.17) is 10.5 Å². The molecule has 2 aromatic rings. The van der Waals surface area contributed by atoms with Gasteiger partial charge in [-0.15, -0.1) is 0 Å². The maximum Gasteiger partial charge on any atom is 0.338 e. The van der Waals surface area contributed by atoms with Gasteiger partial charge in [0.1, 0.15) is 6.61 Å². The number of nitrogens with two attached hydrogens (primary N) is 1. The van der Waals surface area contributed by atoms with Crippen LogP contribution in [0.1, 0.15) is 34.2 Å². The van der Waals surface area contributed by atoms with Crippen molar-refractivity contribution in [2.45, 2.75) is 26.9 Å². The van der Waals surface area contributed by atoms with Crippen molar-refractivity contribution in [3.8, 4) is 0 Å². The lowest BCUT2D eigenvalue weighted by Gasteiger charge is -2.08. The summed E-state index contributed by atoms with van der Waals surface area (Å²) in [7, 11) is 1.84. The summed E-state index contributed by atoms with van der Waals surface area (Å²) in [4.78, 5) is 12.1. The van der Waals surface area contributed by atoms with Gasteiger partial charge >= 0.3 is 5.97 Å². The average molecular weight is 273 g/mol. The summed E-state index contributed by atoms with van der Waals surface area (Å²) < 4.78 is 7.07. The molecule has 106 valence electrons. The summed E-state index contributed by atoms with van der Waals surface area (Å²) in [5.41, 5.74) is 9.49. The molecular weight excluding hydrogens is 254 g/mol. The Hall–Kier alpha value is -2.30. The highest BCUT2D eigenvalue weighted by atomic mass is 16.5. The number of hydrogen-bond acceptors (Lipinski definition) is 4. The maximum absolute atomic E-state index is 12.1. The van der Waals surface area contributed by atoms with Crippen LogP contribution in [0.4, 0.5) is 5.69 Å². The second-order valence-corrected chi connectivity index (χ2v) is 4.70. The highest BCUT2D eigenvalue weighted by molar-refractivity contribution is 5.92. The number of aromatic nitrogens is 2. The van der Waals surface area contributed by atoms with Crippen LogP contribution in [0.25, 0.3) is 0 Å². The standard InChI is InChI=1S/C15H19N3O2/c1-4-11-8-12(18(3)17-11)9-20-15(19)13-6-5-7-14(16)10(13)2/h5-8H,4,9,16H2,1-3H3. The molecule has 5 heteroatoms. The van der Waals surface area contributed by atoms with Gasteiger partial charge in [0.05, 0.1) is 17.0 Å². The van der Waals surface area contributed by atoms with Crippen LogP contribution in [0.5, 0.6) is 0 Å². The minimum atomic E-state index is -0.367. The van der Waals surface area contributed by atoms with Crippen LogP contribution >= 0.6 is 0 Å². The number of anilines is 1. The van der Waals surface area contributed by atoms with E-state index in [2.05, 4.69) is 5.10 Å². The number of benzene rings is 1. The number of aryl methyl sites for hydroxylation is 2. The van der Waals surface area contributed by atoms with Gasteiger partial charge in [-0.3, -0.25) is 4.68 Å². The second kappa shape index (κ2) is 5.77. The highest BCUT2D eigenvalue weighted by Gasteiger charge is 2.13. The van der Waals surface area contributed by atoms with E-state index in [0.717, 1.165) is 23.4 Å². The third-order valence-electron chi connectivity index (χ3n) is 3.34. The Balaban J connectivity index is 2.08. The Kier molecular flexibility index (Phi) is 4.08. The van der Waals surface area contributed by atoms with Crippen molar-refractivity contribution < 1.29 is 9.53 Å². The van der Waals surface area contributed by atoms with Gasteiger partial charge in [-0.05, 0) is 37.1 Å². The zero-order valence-corrected chi connectivity index (χ0v) is 12.0. The van der Waals surface area contributed by atoms with E-state index in [1.165, 1.54) is 0 Å². The van der Waals surface area contributed by atoms with Gasteiger partial charge in [0, 0.05) is 12.7 Å². The van der Waals surface area contributed by atoms with Crippen molar-refractivity contribution in [1.82, 2.24) is 9.78 Å². The van der Waals surface area contributed by atoms with Crippen molar-refractivity contribution in [1.29, 1.82) is 0 Å². The summed E-state index contributed by atoms with van der Waals surface area (Å²) in [5, 5.41) is 4.32. The quantitative estimate of drug-likeness (QED) is 0.685. The molecule has 0 unspecified atom stereocenters. The van der Waals surface area contributed by atoms with Gasteiger partial charge < -0.3 is 10.5 Å². The lowest BCUT2D eigenvalue weighted by molar-refractivity contribution is 0.0462. The van der Waals surface area contributed by atoms with Gasteiger partial charge in [-0.1, -0.05) is 13.0 Å². The Bertz CT molecular complexity index is 632. The first-order valence-corrected chi connectivity index (χ1v) is 6.57. The third kappa shape index (κ3) is 2.82. The molecule has 5 nitrogen and oxygen atoms in total. The number of ether oxygens (including phenoxy) is 1. The van der Waals surface area contributed by atoms with Gasteiger partial charge in [-0.25, -0.2) is 4.79 Å². The molecule has 0 saturated carbocycles. The first kappa shape index (κ1) is 14.1. The predicted octanol–water partition coefficient (Wildman–Crippen LogP) is 2.23. The number of carbonyl (C=O) groups excluding carboxylic acids is 1. The molecule has 0 spiro atoms. The van der Waals surface area contributed by atoms with Crippen molar-refractivity contribution in [2.24, 2.45) is 7.05 Å². The molecule has 2 N–H and O–H groups in total. The van der Waals surface area contributed by atoms with E-state index >= 15 is 0 Å². The van der Waals surface area contributed by atoms with E-state index in [9.17, 15) is 4.79 Å². The molecule has 0 aliphatic rings. The largest absolute Gasteiger partial charge is 0.456 e. The summed E-state index contributed by atoms with van der Waals surface area (Å²) >= 11 is 0. The fourth-order valence-corrected chi connectivity index (χ4v) is 1.97. The van der Waals surface area contributed by atoms with Gasteiger partial charge in [0.15, 0.2) is 0 Å². The van der Waals surface area contributed by atoms with Crippen molar-refractivity contribution in [2.75, 3.05) is 5.73 Å². The van der Waals surface area contributed by atoms with Gasteiger partial charge in [0.25, 0.3) is 0 Å². The molecule has 0 atom stereocenters. The molecule has 1 aromatic carbocycles. The summed E-state index contributed by atoms with van der Waals surface area (Å²) in [6.07, 6.45) is 0.857. The monoisotopic (exact) mass is 273 g/mol. The number of nitrogens with zero attached hydrogens (tertiary/aromatic N) is 2. The average Bonchev–Trinajstić information content (AvgIpc) is 2.80. The minimum Gasteiger partial charge on any atom is -0.456 e. The minimum absolute atomic E-state index is 0.205. The van der Waals surface area contributed by atoms with Crippen LogP contribution in [0.3, 0.4) is 0 Å². The molecule has 1 aromatic heterocycles. The first-order chi connectivity index (χ1) is 9.52. The first-order valence-electron chi connectivity index (χ1n) is 6.57. The molecule has 0 aliphatic carbocycles. The number of hydrogen-bond donors (Lipinski definition) is 1. The molecule has 0 radical (unpaired) electrons. The maximum atomic E-state index is 12.1. The van der Waals surface area contributed by atoms with Crippen LogP contribution in [-0.2, 0) is 24.8 Å². The highest BCUT2D eigenvalue weighted by Crippen LogP contribution is 2.17. The Morgan fingerprint density at radius 2 is 2.20 bits per heavy atom. The third-order valence-corrected chi connectivity index (χ3v) is 3.34. The summed E-state index contributed by atoms with van der Waals surface area (Å²) in [6.45, 7) is 4.05. The van der Waals surface area contributed by atoms with Crippen molar-refractivity contribution in [3.63, 3.8) is 0 Å². The zero-order chi connectivity index (χ0) is 14.7. The topological polar surface area (TPSA) is 70.1 Å². The summed E-state index contributed by atoms with van der Waals surface area (Å²) in [6, 6.07) is 7.17. The normalized spacial score (nSPS) is 10.6. The van der Waals surface area contributed by atoms with Crippen molar-refractivity contribution in [3.05, 3.63) is 46.8 Å². The molecule has 1 heterocycles. The number of nitrogen functional groups attached to an aromatic ring is 1. The lowest BCUT2D eigenvalue weighted by atomic mass is 10.1.